The summed E-state index contributed by atoms with van der Waals surface area (Å²) in [5.74, 6) is 1.24. The van der Waals surface area contributed by atoms with Crippen LogP contribution in [0.2, 0.25) is 5.04 Å². The Morgan fingerprint density at radius 2 is 1.18 bits per heavy atom. The average Bonchev–Trinajstić information content (AvgIpc) is 3.02. The summed E-state index contributed by atoms with van der Waals surface area (Å²) in [6, 6.07) is 31.7. The van der Waals surface area contributed by atoms with Crippen LogP contribution in [0.15, 0.2) is 91.0 Å². The van der Waals surface area contributed by atoms with Gasteiger partial charge in [0.2, 0.25) is 0 Å². The fourth-order valence-corrected chi connectivity index (χ4v) is 11.4. The first-order chi connectivity index (χ1) is 21.5. The molecule has 0 aromatic heterocycles. The van der Waals surface area contributed by atoms with E-state index in [2.05, 4.69) is 114 Å². The van der Waals surface area contributed by atoms with Crippen molar-refractivity contribution in [2.45, 2.75) is 91.6 Å². The van der Waals surface area contributed by atoms with Crippen LogP contribution in [0.1, 0.15) is 73.3 Å². The monoisotopic (exact) mass is 634 g/mol. The lowest BCUT2D eigenvalue weighted by Crippen LogP contribution is -2.67. The highest BCUT2D eigenvalue weighted by atomic mass is 28.4. The van der Waals surface area contributed by atoms with Crippen molar-refractivity contribution < 1.29 is 24.1 Å². The Hall–Kier alpha value is -2.32. The first-order valence-corrected chi connectivity index (χ1v) is 18.7. The van der Waals surface area contributed by atoms with Gasteiger partial charge in [0.1, 0.15) is 6.79 Å². The van der Waals surface area contributed by atoms with Crippen molar-refractivity contribution in [2.24, 2.45) is 23.7 Å². The summed E-state index contributed by atoms with van der Waals surface area (Å²) in [5, 5.41) is 21.8. The van der Waals surface area contributed by atoms with Crippen molar-refractivity contribution in [3.05, 3.63) is 96.6 Å². The van der Waals surface area contributed by atoms with Crippen molar-refractivity contribution in [2.75, 3.05) is 20.0 Å². The second-order valence-electron chi connectivity index (χ2n) is 14.3. The molecule has 2 N–H and O–H groups in total. The Balaban J connectivity index is 1.80. The molecule has 0 aliphatic rings. The third-order valence-corrected chi connectivity index (χ3v) is 14.2. The van der Waals surface area contributed by atoms with E-state index in [1.165, 1.54) is 10.4 Å². The largest absolute Gasteiger partial charge is 0.405 e. The molecule has 0 amide bonds. The van der Waals surface area contributed by atoms with Gasteiger partial charge in [-0.3, -0.25) is 0 Å². The summed E-state index contributed by atoms with van der Waals surface area (Å²) in [6.07, 6.45) is 2.14. The van der Waals surface area contributed by atoms with E-state index >= 15 is 0 Å². The highest BCUT2D eigenvalue weighted by molar-refractivity contribution is 6.99. The van der Waals surface area contributed by atoms with E-state index in [1.54, 1.807) is 0 Å². The zero-order valence-electron chi connectivity index (χ0n) is 28.7. The van der Waals surface area contributed by atoms with E-state index in [0.29, 0.717) is 25.0 Å². The van der Waals surface area contributed by atoms with Gasteiger partial charge in [-0.2, -0.15) is 0 Å². The van der Waals surface area contributed by atoms with E-state index < -0.39 is 14.4 Å². The molecule has 0 unspecified atom stereocenters. The molecule has 248 valence electrons. The molecule has 0 heterocycles. The number of aliphatic hydroxyl groups is 2. The minimum Gasteiger partial charge on any atom is -0.405 e. The van der Waals surface area contributed by atoms with Crippen molar-refractivity contribution in [3.63, 3.8) is 0 Å². The Morgan fingerprint density at radius 3 is 1.67 bits per heavy atom. The fraction of sp³-hybridized carbons (Fsp3) is 0.538. The quantitative estimate of drug-likeness (QED) is 0.0830. The predicted molar refractivity (Wildman–Crippen MR) is 188 cm³/mol. The maximum absolute atomic E-state index is 10.1. The van der Waals surface area contributed by atoms with Gasteiger partial charge in [-0.05, 0) is 63.9 Å². The van der Waals surface area contributed by atoms with Gasteiger partial charge in [0.15, 0.2) is 0 Å². The number of rotatable bonds is 19. The number of hydrogen-bond acceptors (Lipinski definition) is 5. The molecular formula is C39H58O5Si. The maximum atomic E-state index is 10.1. The number of hydrogen-bond donors (Lipinski definition) is 2. The van der Waals surface area contributed by atoms with Crippen LogP contribution in [0.5, 0.6) is 0 Å². The van der Waals surface area contributed by atoms with Gasteiger partial charge in [-0.25, -0.2) is 0 Å². The summed E-state index contributed by atoms with van der Waals surface area (Å²) < 4.78 is 19.9. The Bertz CT molecular complexity index is 1160. The second-order valence-corrected chi connectivity index (χ2v) is 18.6. The molecule has 0 aliphatic carbocycles. The summed E-state index contributed by atoms with van der Waals surface area (Å²) >= 11 is 0. The molecule has 3 aromatic rings. The van der Waals surface area contributed by atoms with Crippen LogP contribution in [-0.4, -0.2) is 50.7 Å². The third kappa shape index (κ3) is 10.9. The Morgan fingerprint density at radius 1 is 0.689 bits per heavy atom. The summed E-state index contributed by atoms with van der Waals surface area (Å²) in [7, 11) is -2.72. The number of benzene rings is 3. The normalized spacial score (nSPS) is 16.5. The Kier molecular flexibility index (Phi) is 15.0. The van der Waals surface area contributed by atoms with Crippen LogP contribution in [0, 0.1) is 23.7 Å². The molecular weight excluding hydrogens is 577 g/mol. The van der Waals surface area contributed by atoms with Gasteiger partial charge in [0.25, 0.3) is 8.32 Å². The topological polar surface area (TPSA) is 68.2 Å². The van der Waals surface area contributed by atoms with Gasteiger partial charge in [0.05, 0.1) is 32.0 Å². The lowest BCUT2D eigenvalue weighted by Gasteiger charge is -2.44. The van der Waals surface area contributed by atoms with Crippen molar-refractivity contribution >= 4 is 18.7 Å². The number of aliphatic hydroxyl groups excluding tert-OH is 2. The SMILES string of the molecule is C[C@H](C[C@H](C)C[C@H](C)[C@@H](CO[Si](c1ccccc1)(c1ccccc1)C(C)(C)C)OCOCc1ccccc1)C[C@H](C)[C@@H](O)CO. The van der Waals surface area contributed by atoms with Gasteiger partial charge >= 0.3 is 0 Å². The van der Waals surface area contributed by atoms with Crippen LogP contribution in [0.4, 0.5) is 0 Å². The summed E-state index contributed by atoms with van der Waals surface area (Å²) in [6.45, 7) is 16.8. The zero-order valence-corrected chi connectivity index (χ0v) is 29.7. The number of ether oxygens (including phenoxy) is 2. The molecule has 0 fully saturated rings. The standard InChI is InChI=1S/C39H58O5Si/c1-30(24-32(3)37(41)26-40)23-31(2)25-33(4)38(43-29-42-27-34-17-11-8-12-18-34)28-44-45(39(5,6)7,35-19-13-9-14-20-35)36-21-15-10-16-22-36/h8-22,30-33,37-38,40-41H,23-29H2,1-7H3/t30-,31+,32+,33+,37+,38-/m1/s1. The van der Waals surface area contributed by atoms with Crippen molar-refractivity contribution in [3.8, 4) is 0 Å². The minimum atomic E-state index is -2.72. The third-order valence-electron chi connectivity index (χ3n) is 9.19. The van der Waals surface area contributed by atoms with Crippen LogP contribution < -0.4 is 10.4 Å². The minimum absolute atomic E-state index is 0.0762. The van der Waals surface area contributed by atoms with Gasteiger partial charge in [-0.15, -0.1) is 0 Å². The lowest BCUT2D eigenvalue weighted by molar-refractivity contribution is -0.123. The van der Waals surface area contributed by atoms with Crippen LogP contribution in [0.3, 0.4) is 0 Å². The van der Waals surface area contributed by atoms with Gasteiger partial charge < -0.3 is 24.1 Å². The van der Waals surface area contributed by atoms with E-state index in [-0.39, 0.29) is 36.4 Å². The highest BCUT2D eigenvalue weighted by Crippen LogP contribution is 2.37. The molecule has 0 radical (unpaired) electrons. The molecule has 6 atom stereocenters. The summed E-state index contributed by atoms with van der Waals surface area (Å²) in [5.41, 5.74) is 1.12. The average molecular weight is 635 g/mol. The smallest absolute Gasteiger partial charge is 0.261 e. The molecule has 5 nitrogen and oxygen atoms in total. The predicted octanol–water partition coefficient (Wildman–Crippen LogP) is 7.19. The molecule has 0 saturated heterocycles. The Labute approximate surface area is 274 Å². The van der Waals surface area contributed by atoms with Crippen LogP contribution in [-0.2, 0) is 20.5 Å². The molecule has 0 bridgehead atoms. The molecule has 0 spiro atoms. The van der Waals surface area contributed by atoms with E-state index in [1.807, 2.05) is 25.1 Å². The lowest BCUT2D eigenvalue weighted by atomic mass is 9.83. The second kappa shape index (κ2) is 18.1. The van der Waals surface area contributed by atoms with Gasteiger partial charge in [0, 0.05) is 0 Å². The first kappa shape index (κ1) is 37.1. The van der Waals surface area contributed by atoms with E-state index in [9.17, 15) is 10.2 Å². The maximum Gasteiger partial charge on any atom is 0.261 e. The van der Waals surface area contributed by atoms with Crippen LogP contribution >= 0.6 is 0 Å². The first-order valence-electron chi connectivity index (χ1n) is 16.7. The van der Waals surface area contributed by atoms with E-state index in [4.69, 9.17) is 13.9 Å². The molecule has 0 aliphatic heterocycles. The zero-order chi connectivity index (χ0) is 32.9. The molecule has 45 heavy (non-hydrogen) atoms. The van der Waals surface area contributed by atoms with Crippen molar-refractivity contribution in [1.82, 2.24) is 0 Å². The summed E-state index contributed by atoms with van der Waals surface area (Å²) in [4.78, 5) is 0. The molecule has 6 heteroatoms. The molecule has 3 rings (SSSR count). The van der Waals surface area contributed by atoms with E-state index in [0.717, 1.165) is 24.8 Å². The molecule has 0 saturated carbocycles. The van der Waals surface area contributed by atoms with Crippen molar-refractivity contribution in [1.29, 1.82) is 0 Å². The van der Waals surface area contributed by atoms with Gasteiger partial charge in [-0.1, -0.05) is 139 Å². The highest BCUT2D eigenvalue weighted by Gasteiger charge is 2.50. The van der Waals surface area contributed by atoms with Crippen LogP contribution in [0.25, 0.3) is 0 Å². The molecule has 3 aromatic carbocycles. The fourth-order valence-electron chi connectivity index (χ4n) is 6.85.